The maximum absolute atomic E-state index is 12.1. The van der Waals surface area contributed by atoms with E-state index in [1.807, 2.05) is 0 Å². The molecule has 0 bridgehead atoms. The topological polar surface area (TPSA) is 83.6 Å². The molecule has 1 aromatic carbocycles. The van der Waals surface area contributed by atoms with Crippen LogP contribution < -0.4 is 5.32 Å². The molecule has 6 nitrogen and oxygen atoms in total. The molecule has 9 heteroatoms. The number of hydrogen-bond donors (Lipinski definition) is 2. The van der Waals surface area contributed by atoms with E-state index in [2.05, 4.69) is 25.9 Å². The third kappa shape index (κ3) is 4.34. The molecule has 0 atom stereocenters. The largest absolute Gasteiger partial charge is 0.397 e. The summed E-state index contributed by atoms with van der Waals surface area (Å²) in [6.45, 7) is 0. The van der Waals surface area contributed by atoms with Crippen LogP contribution in [0.1, 0.15) is 17.8 Å². The monoisotopic (exact) mass is 285 g/mol. The van der Waals surface area contributed by atoms with Crippen molar-refractivity contribution in [2.24, 2.45) is 0 Å². The van der Waals surface area contributed by atoms with Crippen LogP contribution in [0, 0.1) is 0 Å². The summed E-state index contributed by atoms with van der Waals surface area (Å²) in [4.78, 5) is 11.2. The van der Waals surface area contributed by atoms with Gasteiger partial charge >= 0.3 is 6.18 Å². The lowest BCUT2D eigenvalue weighted by atomic mass is 10.1. The minimum absolute atomic E-state index is 0.292. The molecule has 20 heavy (non-hydrogen) atoms. The molecule has 0 saturated heterocycles. The van der Waals surface area contributed by atoms with Gasteiger partial charge in [-0.15, -0.1) is 10.2 Å². The predicted molar refractivity (Wildman–Crippen MR) is 62.7 cm³/mol. The Morgan fingerprint density at radius 2 is 2.15 bits per heavy atom. The van der Waals surface area contributed by atoms with Gasteiger partial charge in [-0.05, 0) is 17.7 Å². The third-order valence-electron chi connectivity index (χ3n) is 2.32. The molecule has 1 amide bonds. The second kappa shape index (κ2) is 5.68. The highest BCUT2D eigenvalue weighted by atomic mass is 19.4. The quantitative estimate of drug-likeness (QED) is 0.895. The van der Waals surface area contributed by atoms with Gasteiger partial charge in [0.15, 0.2) is 5.82 Å². The number of rotatable bonds is 4. The van der Waals surface area contributed by atoms with Gasteiger partial charge in [0, 0.05) is 12.1 Å². The van der Waals surface area contributed by atoms with E-state index in [1.165, 1.54) is 6.07 Å². The van der Waals surface area contributed by atoms with Crippen LogP contribution in [0.5, 0.6) is 0 Å². The second-order valence-corrected chi connectivity index (χ2v) is 4.05. The summed E-state index contributed by atoms with van der Waals surface area (Å²) in [5.74, 6) is -0.655. The third-order valence-corrected chi connectivity index (χ3v) is 2.32. The van der Waals surface area contributed by atoms with Crippen molar-refractivity contribution in [3.63, 3.8) is 0 Å². The second-order valence-electron chi connectivity index (χ2n) is 4.05. The van der Waals surface area contributed by atoms with E-state index in [0.29, 0.717) is 17.9 Å². The summed E-state index contributed by atoms with van der Waals surface area (Å²) in [6, 6.07) is 6.44. The number of nitrogens with one attached hydrogen (secondary N) is 2. The van der Waals surface area contributed by atoms with Gasteiger partial charge in [0.25, 0.3) is 0 Å². The Hall–Kier alpha value is -2.45. The summed E-state index contributed by atoms with van der Waals surface area (Å²) in [5.41, 5.74) is 1.04. The Kier molecular flexibility index (Phi) is 3.97. The van der Waals surface area contributed by atoms with E-state index in [-0.39, 0.29) is 0 Å². The van der Waals surface area contributed by atoms with Gasteiger partial charge in [-0.3, -0.25) is 4.79 Å². The Labute approximate surface area is 111 Å². The Morgan fingerprint density at radius 1 is 1.35 bits per heavy atom. The van der Waals surface area contributed by atoms with Crippen molar-refractivity contribution in [1.82, 2.24) is 20.6 Å². The number of aromatic nitrogens is 4. The molecule has 0 aliphatic rings. The minimum atomic E-state index is -4.52. The number of aromatic amines is 1. The molecule has 0 fully saturated rings. The highest BCUT2D eigenvalue weighted by Crippen LogP contribution is 2.21. The number of amides is 1. The fourth-order valence-electron chi connectivity index (χ4n) is 1.59. The summed E-state index contributed by atoms with van der Waals surface area (Å²) in [7, 11) is 0. The summed E-state index contributed by atoms with van der Waals surface area (Å²) < 4.78 is 36.2. The SMILES string of the molecule is O=C(CC(F)(F)F)Nc1cccc(Cc2nn[nH]n2)c1. The molecule has 2 rings (SSSR count). The summed E-state index contributed by atoms with van der Waals surface area (Å²) in [5, 5.41) is 15.4. The number of hydrogen-bond acceptors (Lipinski definition) is 4. The number of benzene rings is 1. The zero-order chi connectivity index (χ0) is 14.6. The number of H-pyrrole nitrogens is 1. The maximum atomic E-state index is 12.1. The van der Waals surface area contributed by atoms with Crippen molar-refractivity contribution in [2.45, 2.75) is 19.0 Å². The van der Waals surface area contributed by atoms with Crippen LogP contribution >= 0.6 is 0 Å². The van der Waals surface area contributed by atoms with Crippen LogP contribution in [0.2, 0.25) is 0 Å². The van der Waals surface area contributed by atoms with E-state index in [9.17, 15) is 18.0 Å². The first-order valence-corrected chi connectivity index (χ1v) is 5.60. The molecule has 0 aliphatic heterocycles. The van der Waals surface area contributed by atoms with Crippen molar-refractivity contribution >= 4 is 11.6 Å². The maximum Gasteiger partial charge on any atom is 0.397 e. The van der Waals surface area contributed by atoms with E-state index in [0.717, 1.165) is 5.56 Å². The van der Waals surface area contributed by atoms with Crippen molar-refractivity contribution in [1.29, 1.82) is 0 Å². The Morgan fingerprint density at radius 3 is 2.80 bits per heavy atom. The normalized spacial score (nSPS) is 11.3. The van der Waals surface area contributed by atoms with Crippen LogP contribution in [0.15, 0.2) is 24.3 Å². The van der Waals surface area contributed by atoms with E-state index in [1.54, 1.807) is 18.2 Å². The fraction of sp³-hybridized carbons (Fsp3) is 0.273. The number of tetrazole rings is 1. The van der Waals surface area contributed by atoms with Crippen molar-refractivity contribution in [3.05, 3.63) is 35.7 Å². The van der Waals surface area contributed by atoms with E-state index < -0.39 is 18.5 Å². The number of halogens is 3. The number of anilines is 1. The van der Waals surface area contributed by atoms with Crippen LogP contribution in [-0.2, 0) is 11.2 Å². The van der Waals surface area contributed by atoms with Gasteiger partial charge in [0.1, 0.15) is 6.42 Å². The Balaban J connectivity index is 2.01. The number of alkyl halides is 3. The number of carbonyl (C=O) groups excluding carboxylic acids is 1. The Bertz CT molecular complexity index is 582. The standard InChI is InChI=1S/C11H10F3N5O/c12-11(13,14)6-10(20)15-8-3-1-2-7(4-8)5-9-16-18-19-17-9/h1-4H,5-6H2,(H,15,20)(H,16,17,18,19). The highest BCUT2D eigenvalue weighted by molar-refractivity contribution is 5.91. The average Bonchev–Trinajstić information content (AvgIpc) is 2.79. The van der Waals surface area contributed by atoms with Crippen molar-refractivity contribution in [2.75, 3.05) is 5.32 Å². The molecule has 0 spiro atoms. The fourth-order valence-corrected chi connectivity index (χ4v) is 1.59. The van der Waals surface area contributed by atoms with E-state index in [4.69, 9.17) is 0 Å². The van der Waals surface area contributed by atoms with Crippen LogP contribution in [-0.4, -0.2) is 32.7 Å². The average molecular weight is 285 g/mol. The molecule has 0 unspecified atom stereocenters. The zero-order valence-corrected chi connectivity index (χ0v) is 10.1. The van der Waals surface area contributed by atoms with Crippen LogP contribution in [0.4, 0.5) is 18.9 Å². The first-order valence-electron chi connectivity index (χ1n) is 5.60. The lowest BCUT2D eigenvalue weighted by molar-refractivity contribution is -0.150. The summed E-state index contributed by atoms with van der Waals surface area (Å²) >= 11 is 0. The first-order chi connectivity index (χ1) is 9.42. The lowest BCUT2D eigenvalue weighted by Crippen LogP contribution is -2.21. The molecule has 0 radical (unpaired) electrons. The number of nitrogens with zero attached hydrogens (tertiary/aromatic N) is 3. The van der Waals surface area contributed by atoms with E-state index >= 15 is 0 Å². The van der Waals surface area contributed by atoms with Gasteiger partial charge in [0.05, 0.1) is 0 Å². The van der Waals surface area contributed by atoms with Gasteiger partial charge in [-0.25, -0.2) is 0 Å². The molecule has 2 aromatic rings. The first kappa shape index (κ1) is 14.0. The van der Waals surface area contributed by atoms with Gasteiger partial charge in [-0.2, -0.15) is 18.4 Å². The van der Waals surface area contributed by atoms with Crippen LogP contribution in [0.25, 0.3) is 0 Å². The molecular weight excluding hydrogens is 275 g/mol. The van der Waals surface area contributed by atoms with Gasteiger partial charge in [0.2, 0.25) is 5.91 Å². The smallest absolute Gasteiger partial charge is 0.326 e. The zero-order valence-electron chi connectivity index (χ0n) is 10.1. The molecule has 1 aromatic heterocycles. The highest BCUT2D eigenvalue weighted by Gasteiger charge is 2.31. The number of carbonyl (C=O) groups is 1. The predicted octanol–water partition coefficient (Wildman–Crippen LogP) is 1.68. The molecule has 0 aliphatic carbocycles. The van der Waals surface area contributed by atoms with Crippen molar-refractivity contribution in [3.8, 4) is 0 Å². The van der Waals surface area contributed by atoms with Crippen LogP contribution in [0.3, 0.4) is 0 Å². The van der Waals surface area contributed by atoms with Gasteiger partial charge in [-0.1, -0.05) is 17.3 Å². The molecule has 106 valence electrons. The van der Waals surface area contributed by atoms with Gasteiger partial charge < -0.3 is 5.32 Å². The molecule has 2 N–H and O–H groups in total. The molecule has 1 heterocycles. The van der Waals surface area contributed by atoms with Crippen molar-refractivity contribution < 1.29 is 18.0 Å². The molecule has 0 saturated carbocycles. The lowest BCUT2D eigenvalue weighted by Gasteiger charge is -2.08. The molecular formula is C11H10F3N5O. The minimum Gasteiger partial charge on any atom is -0.326 e. The summed E-state index contributed by atoms with van der Waals surface area (Å²) in [6.07, 6.45) is -5.67.